The van der Waals surface area contributed by atoms with Gasteiger partial charge in [-0.25, -0.2) is 0 Å². The molecule has 31 heavy (non-hydrogen) atoms. The van der Waals surface area contributed by atoms with Gasteiger partial charge in [0.25, 0.3) is 0 Å². The molecule has 4 N–H and O–H groups in total. The van der Waals surface area contributed by atoms with E-state index in [0.29, 0.717) is 24.0 Å². The molecule has 9 atom stereocenters. The predicted molar refractivity (Wildman–Crippen MR) is 112 cm³/mol. The first-order chi connectivity index (χ1) is 14.2. The van der Waals surface area contributed by atoms with E-state index in [-0.39, 0.29) is 12.3 Å². The van der Waals surface area contributed by atoms with Crippen LogP contribution in [0.3, 0.4) is 0 Å². The maximum atomic E-state index is 13.9. The molecule has 0 spiro atoms. The van der Waals surface area contributed by atoms with Gasteiger partial charge in [-0.2, -0.15) is 0 Å². The topological polar surface area (TPSA) is 124 Å². The Morgan fingerprint density at radius 2 is 1.77 bits per heavy atom. The second-order valence-corrected chi connectivity index (χ2v) is 11.2. The average molecular weight is 437 g/mol. The highest BCUT2D eigenvalue weighted by molar-refractivity contribution is 5.93. The number of ether oxygens (including phenoxy) is 1. The smallest absolute Gasteiger partial charge is 0.303 e. The van der Waals surface area contributed by atoms with Gasteiger partial charge >= 0.3 is 5.97 Å². The van der Waals surface area contributed by atoms with Gasteiger partial charge in [-0.05, 0) is 50.2 Å². The molecule has 0 heterocycles. The average Bonchev–Trinajstić information content (AvgIpc) is 2.65. The zero-order chi connectivity index (χ0) is 23.3. The number of esters is 1. The van der Waals surface area contributed by atoms with Crippen LogP contribution < -0.4 is 0 Å². The molecule has 0 aromatic rings. The summed E-state index contributed by atoms with van der Waals surface area (Å²) in [7, 11) is 0. The Balaban J connectivity index is 2.02. The van der Waals surface area contributed by atoms with Crippen LogP contribution in [0.15, 0.2) is 11.1 Å². The zero-order valence-corrected chi connectivity index (χ0v) is 19.3. The third kappa shape index (κ3) is 2.55. The Hall–Kier alpha value is -1.28. The first-order valence-electron chi connectivity index (χ1n) is 11.4. The lowest BCUT2D eigenvalue weighted by atomic mass is 9.39. The van der Waals surface area contributed by atoms with E-state index in [1.165, 1.54) is 6.92 Å². The van der Waals surface area contributed by atoms with Crippen molar-refractivity contribution >= 4 is 11.8 Å². The van der Waals surface area contributed by atoms with Crippen molar-refractivity contribution in [2.45, 2.75) is 96.7 Å². The minimum atomic E-state index is -1.57. The maximum absolute atomic E-state index is 13.9. The number of Topliss-reactive ketones (excluding diaryl/α,β-unsaturated/α-hetero) is 1. The summed E-state index contributed by atoms with van der Waals surface area (Å²) in [6.45, 7) is 10.1. The summed E-state index contributed by atoms with van der Waals surface area (Å²) in [4.78, 5) is 26.1. The summed E-state index contributed by atoms with van der Waals surface area (Å²) in [5.74, 6) is -2.42. The Labute approximate surface area is 183 Å². The van der Waals surface area contributed by atoms with Crippen LogP contribution in [-0.2, 0) is 14.3 Å². The van der Waals surface area contributed by atoms with Gasteiger partial charge in [-0.3, -0.25) is 9.59 Å². The van der Waals surface area contributed by atoms with Gasteiger partial charge in [0.05, 0.1) is 23.2 Å². The molecule has 0 aromatic heterocycles. The quantitative estimate of drug-likeness (QED) is 0.363. The number of carbonyl (C=O) groups excluding carboxylic acids is 2. The molecule has 0 aromatic carbocycles. The molecular formula is C24H36O7. The first-order valence-corrected chi connectivity index (χ1v) is 11.4. The third-order valence-corrected chi connectivity index (χ3v) is 9.77. The van der Waals surface area contributed by atoms with Crippen LogP contribution in [0.25, 0.3) is 0 Å². The molecule has 174 valence electrons. The van der Waals surface area contributed by atoms with E-state index in [9.17, 15) is 30.0 Å². The first kappa shape index (κ1) is 22.9. The summed E-state index contributed by atoms with van der Waals surface area (Å²) >= 11 is 0. The number of aliphatic hydroxyl groups is 4. The van der Waals surface area contributed by atoms with E-state index >= 15 is 0 Å². The summed E-state index contributed by atoms with van der Waals surface area (Å²) in [5, 5.41) is 45.5. The minimum Gasteiger partial charge on any atom is -0.459 e. The molecule has 0 amide bonds. The van der Waals surface area contributed by atoms with E-state index in [1.807, 2.05) is 6.92 Å². The van der Waals surface area contributed by atoms with Crippen molar-refractivity contribution in [3.63, 3.8) is 0 Å². The Morgan fingerprint density at radius 3 is 2.29 bits per heavy atom. The highest BCUT2D eigenvalue weighted by atomic mass is 16.6. The lowest BCUT2D eigenvalue weighted by Gasteiger charge is -2.68. The van der Waals surface area contributed by atoms with Crippen LogP contribution >= 0.6 is 0 Å². The molecule has 0 radical (unpaired) electrons. The predicted octanol–water partition coefficient (Wildman–Crippen LogP) is 1.50. The van der Waals surface area contributed by atoms with Gasteiger partial charge < -0.3 is 25.2 Å². The van der Waals surface area contributed by atoms with Crippen LogP contribution in [0.5, 0.6) is 0 Å². The lowest BCUT2D eigenvalue weighted by Crippen LogP contribution is -2.76. The summed E-state index contributed by atoms with van der Waals surface area (Å²) in [6, 6.07) is 0. The number of ketones is 1. The standard InChI is InChI=1S/C24H36O7/c1-11-15(26)10-24(30)12(2)19-22(6,20(29)18(28)17(11)21(24,4)5)16(27)9-14-7-8-23(14,19)31-13(3)25/h12,14-16,18-19,26-28,30H,7-10H2,1-6H3/t12-,14+,15-,16-,18+,19-,22+,23-,24+/m0/s1. The Morgan fingerprint density at radius 1 is 1.16 bits per heavy atom. The fourth-order valence-corrected chi connectivity index (χ4v) is 7.94. The molecule has 0 saturated heterocycles. The zero-order valence-electron chi connectivity index (χ0n) is 19.3. The van der Waals surface area contributed by atoms with E-state index < -0.39 is 63.9 Å². The van der Waals surface area contributed by atoms with E-state index in [2.05, 4.69) is 0 Å². The monoisotopic (exact) mass is 436 g/mol. The highest BCUT2D eigenvalue weighted by Gasteiger charge is 2.74. The fraction of sp³-hybridized carbons (Fsp3) is 0.833. The van der Waals surface area contributed by atoms with Crippen molar-refractivity contribution in [3.05, 3.63) is 11.1 Å². The second kappa shape index (κ2) is 6.62. The fourth-order valence-electron chi connectivity index (χ4n) is 7.94. The Bertz CT molecular complexity index is 862. The van der Waals surface area contributed by atoms with Crippen molar-refractivity contribution in [1.82, 2.24) is 0 Å². The number of hydrogen-bond acceptors (Lipinski definition) is 7. The van der Waals surface area contributed by atoms with Crippen LogP contribution in [0.4, 0.5) is 0 Å². The van der Waals surface area contributed by atoms with Gasteiger partial charge in [0.2, 0.25) is 0 Å². The molecular weight excluding hydrogens is 400 g/mol. The lowest BCUT2D eigenvalue weighted by molar-refractivity contribution is -0.282. The van der Waals surface area contributed by atoms with Crippen molar-refractivity contribution in [3.8, 4) is 0 Å². The number of carbonyl (C=O) groups is 2. The van der Waals surface area contributed by atoms with Crippen LogP contribution in [0.1, 0.15) is 67.2 Å². The van der Waals surface area contributed by atoms with E-state index in [0.717, 1.165) is 6.42 Å². The maximum Gasteiger partial charge on any atom is 0.303 e. The highest BCUT2D eigenvalue weighted by Crippen LogP contribution is 2.67. The number of aliphatic hydroxyl groups excluding tert-OH is 3. The van der Waals surface area contributed by atoms with Crippen molar-refractivity contribution in [2.24, 2.45) is 28.6 Å². The normalized spacial score (nSPS) is 51.1. The summed E-state index contributed by atoms with van der Waals surface area (Å²) < 4.78 is 5.94. The van der Waals surface area contributed by atoms with E-state index in [4.69, 9.17) is 4.74 Å². The molecule has 0 unspecified atom stereocenters. The van der Waals surface area contributed by atoms with Gasteiger partial charge in [0.1, 0.15) is 11.7 Å². The largest absolute Gasteiger partial charge is 0.459 e. The molecule has 0 aliphatic heterocycles. The second-order valence-electron chi connectivity index (χ2n) is 11.2. The Kier molecular flexibility index (Phi) is 4.89. The molecule has 7 heteroatoms. The van der Waals surface area contributed by atoms with Gasteiger partial charge in [-0.1, -0.05) is 20.8 Å². The van der Waals surface area contributed by atoms with Crippen LogP contribution in [0, 0.1) is 28.6 Å². The molecule has 7 nitrogen and oxygen atoms in total. The molecule has 2 bridgehead atoms. The SMILES string of the molecule is CC(=O)O[C@@]12CC[C@@H]1C[C@H](O)[C@@]1(C)C(=O)[C@H](O)C3=C(C)[C@@H](O)C[C@@](O)([C@@H](C)[C@H]21)C3(C)C. The van der Waals surface area contributed by atoms with Gasteiger partial charge in [0.15, 0.2) is 5.78 Å². The van der Waals surface area contributed by atoms with Gasteiger partial charge in [-0.15, -0.1) is 0 Å². The molecule has 4 aliphatic carbocycles. The minimum absolute atomic E-state index is 0.0426. The number of fused-ring (bicyclic) bond motifs is 5. The van der Waals surface area contributed by atoms with Crippen molar-refractivity contribution in [1.29, 1.82) is 0 Å². The third-order valence-electron chi connectivity index (χ3n) is 9.77. The molecule has 4 rings (SSSR count). The number of hydrogen-bond donors (Lipinski definition) is 4. The van der Waals surface area contributed by atoms with Crippen LogP contribution in [0.2, 0.25) is 0 Å². The summed E-state index contributed by atoms with van der Waals surface area (Å²) in [6.07, 6.45) is -1.97. The van der Waals surface area contributed by atoms with Crippen molar-refractivity contribution < 1.29 is 34.8 Å². The van der Waals surface area contributed by atoms with Crippen molar-refractivity contribution in [2.75, 3.05) is 0 Å². The van der Waals surface area contributed by atoms with Crippen LogP contribution in [-0.4, -0.2) is 61.7 Å². The molecule has 3 saturated carbocycles. The molecule has 3 fully saturated rings. The summed E-state index contributed by atoms with van der Waals surface area (Å²) in [5.41, 5.74) is -4.08. The molecule has 4 aliphatic rings. The van der Waals surface area contributed by atoms with Gasteiger partial charge in [0, 0.05) is 30.6 Å². The number of rotatable bonds is 1. The van der Waals surface area contributed by atoms with E-state index in [1.54, 1.807) is 27.7 Å².